The minimum atomic E-state index is -0.967. The predicted molar refractivity (Wildman–Crippen MR) is 71.5 cm³/mol. The molecular formula is C14H16N2O2. The van der Waals surface area contributed by atoms with Crippen molar-refractivity contribution in [1.82, 2.24) is 9.55 Å². The van der Waals surface area contributed by atoms with E-state index in [0.29, 0.717) is 11.7 Å². The van der Waals surface area contributed by atoms with E-state index in [-0.39, 0.29) is 0 Å². The number of carbonyl (C=O) groups is 1. The largest absolute Gasteiger partial charge is 0.478 e. The molecule has 0 aliphatic heterocycles. The summed E-state index contributed by atoms with van der Waals surface area (Å²) in [5.74, 6) is 0.0899. The highest BCUT2D eigenvalue weighted by Crippen LogP contribution is 2.25. The molecule has 0 spiro atoms. The number of aryl methyl sites for hydroxylation is 1. The molecule has 0 saturated heterocycles. The van der Waals surface area contributed by atoms with Crippen LogP contribution in [0.15, 0.2) is 24.3 Å². The van der Waals surface area contributed by atoms with Gasteiger partial charge in [0.25, 0.3) is 0 Å². The van der Waals surface area contributed by atoms with Gasteiger partial charge in [0, 0.05) is 13.1 Å². The molecule has 0 bridgehead atoms. The smallest absolute Gasteiger partial charge is 0.328 e. The van der Waals surface area contributed by atoms with E-state index in [1.807, 2.05) is 23.7 Å². The molecule has 0 saturated carbocycles. The van der Waals surface area contributed by atoms with Crippen molar-refractivity contribution in [2.24, 2.45) is 7.05 Å². The molecule has 4 nitrogen and oxygen atoms in total. The zero-order valence-corrected chi connectivity index (χ0v) is 10.7. The van der Waals surface area contributed by atoms with Gasteiger partial charge in [0.15, 0.2) is 0 Å². The number of nitrogens with zero attached hydrogens (tertiary/aromatic N) is 2. The van der Waals surface area contributed by atoms with Gasteiger partial charge in [0.2, 0.25) is 0 Å². The van der Waals surface area contributed by atoms with Gasteiger partial charge in [-0.3, -0.25) is 0 Å². The Morgan fingerprint density at radius 3 is 2.78 bits per heavy atom. The van der Waals surface area contributed by atoms with Crippen molar-refractivity contribution in [3.63, 3.8) is 0 Å². The highest BCUT2D eigenvalue weighted by Gasteiger charge is 2.11. The number of rotatable bonds is 3. The van der Waals surface area contributed by atoms with E-state index in [4.69, 9.17) is 5.11 Å². The third kappa shape index (κ3) is 2.14. The standard InChI is InChI=1S/C14H16N2O2/c1-9(2)10-5-4-6-11-14(10)16(3)12(15-11)7-8-13(17)18/h4-9H,1-3H3,(H,17,18)/b8-7+. The summed E-state index contributed by atoms with van der Waals surface area (Å²) in [4.78, 5) is 15.0. The van der Waals surface area contributed by atoms with Crippen LogP contribution in [0.3, 0.4) is 0 Å². The van der Waals surface area contributed by atoms with E-state index in [2.05, 4.69) is 24.9 Å². The molecule has 18 heavy (non-hydrogen) atoms. The van der Waals surface area contributed by atoms with Gasteiger partial charge in [-0.05, 0) is 23.6 Å². The molecule has 0 fully saturated rings. The molecule has 0 atom stereocenters. The molecular weight excluding hydrogens is 228 g/mol. The topological polar surface area (TPSA) is 55.1 Å². The number of fused-ring (bicyclic) bond motifs is 1. The van der Waals surface area contributed by atoms with E-state index < -0.39 is 5.97 Å². The van der Waals surface area contributed by atoms with Crippen molar-refractivity contribution in [2.45, 2.75) is 19.8 Å². The highest BCUT2D eigenvalue weighted by molar-refractivity contribution is 5.87. The second-order valence-corrected chi connectivity index (χ2v) is 4.57. The van der Waals surface area contributed by atoms with Gasteiger partial charge in [-0.2, -0.15) is 0 Å². The molecule has 0 aliphatic rings. The number of hydrogen-bond donors (Lipinski definition) is 1. The Labute approximate surface area is 106 Å². The van der Waals surface area contributed by atoms with Crippen LogP contribution < -0.4 is 0 Å². The Morgan fingerprint density at radius 2 is 2.17 bits per heavy atom. The van der Waals surface area contributed by atoms with Crippen LogP contribution in [0.2, 0.25) is 0 Å². The Balaban J connectivity index is 2.63. The molecule has 1 heterocycles. The molecule has 94 valence electrons. The van der Waals surface area contributed by atoms with Crippen molar-refractivity contribution in [3.8, 4) is 0 Å². The first-order chi connectivity index (χ1) is 8.50. The lowest BCUT2D eigenvalue weighted by atomic mass is 10.0. The summed E-state index contributed by atoms with van der Waals surface area (Å²) < 4.78 is 1.93. The SMILES string of the molecule is CC(C)c1cccc2nc(/C=C/C(=O)O)n(C)c12. The number of aromatic nitrogens is 2. The fraction of sp³-hybridized carbons (Fsp3) is 0.286. The molecule has 4 heteroatoms. The zero-order valence-electron chi connectivity index (χ0n) is 10.7. The van der Waals surface area contributed by atoms with Gasteiger partial charge >= 0.3 is 5.97 Å². The van der Waals surface area contributed by atoms with Crippen molar-refractivity contribution < 1.29 is 9.90 Å². The molecule has 2 aromatic rings. The number of carboxylic acids is 1. The van der Waals surface area contributed by atoms with Crippen LogP contribution in [0.1, 0.15) is 31.2 Å². The first-order valence-corrected chi connectivity index (χ1v) is 5.87. The lowest BCUT2D eigenvalue weighted by Crippen LogP contribution is -1.97. The lowest BCUT2D eigenvalue weighted by molar-refractivity contribution is -0.131. The quantitative estimate of drug-likeness (QED) is 0.845. The summed E-state index contributed by atoms with van der Waals surface area (Å²) in [7, 11) is 1.91. The fourth-order valence-corrected chi connectivity index (χ4v) is 2.08. The molecule has 1 aromatic heterocycles. The van der Waals surface area contributed by atoms with Crippen molar-refractivity contribution in [2.75, 3.05) is 0 Å². The van der Waals surface area contributed by atoms with Gasteiger partial charge < -0.3 is 9.67 Å². The Kier molecular flexibility index (Phi) is 3.19. The van der Waals surface area contributed by atoms with Crippen LogP contribution in [0.5, 0.6) is 0 Å². The average molecular weight is 244 g/mol. The number of aliphatic carboxylic acids is 1. The maximum absolute atomic E-state index is 10.6. The molecule has 0 radical (unpaired) electrons. The number of imidazole rings is 1. The van der Waals surface area contributed by atoms with Crippen LogP contribution in [0.25, 0.3) is 17.1 Å². The van der Waals surface area contributed by atoms with Crippen LogP contribution in [-0.4, -0.2) is 20.6 Å². The summed E-state index contributed by atoms with van der Waals surface area (Å²) in [6.07, 6.45) is 2.63. The average Bonchev–Trinajstić information content (AvgIpc) is 2.63. The Hall–Kier alpha value is -2.10. The van der Waals surface area contributed by atoms with Crippen molar-refractivity contribution >= 4 is 23.1 Å². The van der Waals surface area contributed by atoms with Gasteiger partial charge in [-0.25, -0.2) is 9.78 Å². The van der Waals surface area contributed by atoms with Crippen LogP contribution in [0.4, 0.5) is 0 Å². The Morgan fingerprint density at radius 1 is 1.44 bits per heavy atom. The van der Waals surface area contributed by atoms with Crippen LogP contribution >= 0.6 is 0 Å². The van der Waals surface area contributed by atoms with Gasteiger partial charge in [-0.1, -0.05) is 26.0 Å². The third-order valence-electron chi connectivity index (χ3n) is 2.96. The first-order valence-electron chi connectivity index (χ1n) is 5.87. The monoisotopic (exact) mass is 244 g/mol. The molecule has 0 unspecified atom stereocenters. The van der Waals surface area contributed by atoms with Gasteiger partial charge in [0.05, 0.1) is 11.0 Å². The van der Waals surface area contributed by atoms with E-state index >= 15 is 0 Å². The maximum Gasteiger partial charge on any atom is 0.328 e. The fourth-order valence-electron chi connectivity index (χ4n) is 2.08. The predicted octanol–water partition coefficient (Wildman–Crippen LogP) is 2.79. The normalized spacial score (nSPS) is 11.8. The van der Waals surface area contributed by atoms with E-state index in [0.717, 1.165) is 17.1 Å². The lowest BCUT2D eigenvalue weighted by Gasteiger charge is -2.08. The molecule has 0 amide bonds. The van der Waals surface area contributed by atoms with E-state index in [1.165, 1.54) is 11.6 Å². The minimum absolute atomic E-state index is 0.403. The zero-order chi connectivity index (χ0) is 13.3. The first kappa shape index (κ1) is 12.4. The highest BCUT2D eigenvalue weighted by atomic mass is 16.4. The van der Waals surface area contributed by atoms with Gasteiger partial charge in [0.1, 0.15) is 5.82 Å². The third-order valence-corrected chi connectivity index (χ3v) is 2.96. The van der Waals surface area contributed by atoms with Gasteiger partial charge in [-0.15, -0.1) is 0 Å². The second kappa shape index (κ2) is 4.64. The van der Waals surface area contributed by atoms with E-state index in [9.17, 15) is 4.79 Å². The second-order valence-electron chi connectivity index (χ2n) is 4.57. The van der Waals surface area contributed by atoms with Crippen LogP contribution in [-0.2, 0) is 11.8 Å². The van der Waals surface area contributed by atoms with E-state index in [1.54, 1.807) is 0 Å². The molecule has 0 aliphatic carbocycles. The number of carboxylic acid groups (broad SMARTS) is 1. The summed E-state index contributed by atoms with van der Waals surface area (Å²) in [5.41, 5.74) is 3.18. The Bertz CT molecular complexity index is 624. The summed E-state index contributed by atoms with van der Waals surface area (Å²) >= 11 is 0. The molecule has 1 N–H and O–H groups in total. The molecule has 2 rings (SSSR count). The minimum Gasteiger partial charge on any atom is -0.478 e. The summed E-state index contributed by atoms with van der Waals surface area (Å²) in [5, 5.41) is 8.66. The maximum atomic E-state index is 10.6. The van der Waals surface area contributed by atoms with Crippen molar-refractivity contribution in [1.29, 1.82) is 0 Å². The van der Waals surface area contributed by atoms with Crippen LogP contribution in [0, 0.1) is 0 Å². The summed E-state index contributed by atoms with van der Waals surface area (Å²) in [6, 6.07) is 6.01. The number of para-hydroxylation sites is 1. The number of benzene rings is 1. The van der Waals surface area contributed by atoms with Crippen molar-refractivity contribution in [3.05, 3.63) is 35.7 Å². The summed E-state index contributed by atoms with van der Waals surface area (Å²) in [6.45, 7) is 4.27. The number of hydrogen-bond acceptors (Lipinski definition) is 2. The molecule has 1 aromatic carbocycles.